The molecule has 0 amide bonds. The Morgan fingerprint density at radius 2 is 2.06 bits per heavy atom. The minimum atomic E-state index is 0.0459. The van der Waals surface area contributed by atoms with Crippen molar-refractivity contribution >= 4 is 5.82 Å². The lowest BCUT2D eigenvalue weighted by Gasteiger charge is -2.10. The van der Waals surface area contributed by atoms with E-state index in [1.165, 1.54) is 7.11 Å². The second-order valence-corrected chi connectivity index (χ2v) is 3.45. The third kappa shape index (κ3) is 1.62. The zero-order valence-electron chi connectivity index (χ0n) is 9.56. The molecule has 0 saturated heterocycles. The Morgan fingerprint density at radius 3 is 2.56 bits per heavy atom. The van der Waals surface area contributed by atoms with Crippen LogP contribution in [0.4, 0.5) is 5.82 Å². The van der Waals surface area contributed by atoms with Crippen LogP contribution in [0.3, 0.4) is 0 Å². The predicted octanol–water partition coefficient (Wildman–Crippen LogP) is 1.41. The highest BCUT2D eigenvalue weighted by Gasteiger charge is 2.20. The maximum atomic E-state index is 9.21. The highest BCUT2D eigenvalue weighted by Crippen LogP contribution is 2.34. The predicted molar refractivity (Wildman–Crippen MR) is 64.4 cm³/mol. The second kappa shape index (κ2) is 4.48. The standard InChI is InChI=1S/C12H9N5O/c1-18-12-9(5-14)10(7-2-3-16-6-7)8(4-13)11(15)17-12/h2-3,6,16H,1H3,(H2,15,17). The van der Waals surface area contributed by atoms with Crippen molar-refractivity contribution in [3.05, 3.63) is 29.6 Å². The number of ether oxygens (including phenoxy) is 1. The van der Waals surface area contributed by atoms with Gasteiger partial charge in [0.05, 0.1) is 7.11 Å². The van der Waals surface area contributed by atoms with Crippen molar-refractivity contribution in [2.24, 2.45) is 0 Å². The molecule has 2 heterocycles. The third-order valence-corrected chi connectivity index (χ3v) is 2.50. The van der Waals surface area contributed by atoms with E-state index in [2.05, 4.69) is 9.97 Å². The molecule has 6 heteroatoms. The average molecular weight is 239 g/mol. The normalized spacial score (nSPS) is 9.50. The summed E-state index contributed by atoms with van der Waals surface area (Å²) >= 11 is 0. The number of nitrogen functional groups attached to an aromatic ring is 1. The Bertz CT molecular complexity index is 661. The maximum Gasteiger partial charge on any atom is 0.234 e. The van der Waals surface area contributed by atoms with Crippen molar-refractivity contribution in [1.29, 1.82) is 10.5 Å². The fourth-order valence-electron chi connectivity index (χ4n) is 1.71. The van der Waals surface area contributed by atoms with Crippen molar-refractivity contribution in [3.63, 3.8) is 0 Å². The minimum Gasteiger partial charge on any atom is -0.480 e. The fraction of sp³-hybridized carbons (Fsp3) is 0.0833. The van der Waals surface area contributed by atoms with E-state index >= 15 is 0 Å². The first-order valence-electron chi connectivity index (χ1n) is 5.03. The third-order valence-electron chi connectivity index (χ3n) is 2.50. The lowest BCUT2D eigenvalue weighted by atomic mass is 9.99. The molecule has 0 bridgehead atoms. The molecule has 0 fully saturated rings. The van der Waals surface area contributed by atoms with Crippen molar-refractivity contribution in [3.8, 4) is 29.1 Å². The summed E-state index contributed by atoms with van der Waals surface area (Å²) in [5.41, 5.74) is 7.20. The number of aromatic amines is 1. The largest absolute Gasteiger partial charge is 0.480 e. The van der Waals surface area contributed by atoms with Gasteiger partial charge in [0.15, 0.2) is 0 Å². The zero-order chi connectivity index (χ0) is 13.1. The summed E-state index contributed by atoms with van der Waals surface area (Å²) in [6.07, 6.45) is 3.37. The van der Waals surface area contributed by atoms with Gasteiger partial charge in [-0.2, -0.15) is 15.5 Å². The Balaban J connectivity index is 2.88. The van der Waals surface area contributed by atoms with Crippen LogP contribution in [-0.2, 0) is 0 Å². The SMILES string of the molecule is COc1nc(N)c(C#N)c(-c2cc[nH]c2)c1C#N. The molecule has 3 N–H and O–H groups in total. The number of nitrogens with one attached hydrogen (secondary N) is 1. The number of nitrogens with two attached hydrogens (primary N) is 1. The van der Waals surface area contributed by atoms with Crippen LogP contribution in [0.2, 0.25) is 0 Å². The number of anilines is 1. The van der Waals surface area contributed by atoms with Gasteiger partial charge >= 0.3 is 0 Å². The molecule has 6 nitrogen and oxygen atoms in total. The van der Waals surface area contributed by atoms with E-state index in [1.807, 2.05) is 12.1 Å². The summed E-state index contributed by atoms with van der Waals surface area (Å²) < 4.78 is 5.02. The number of nitriles is 2. The van der Waals surface area contributed by atoms with Crippen molar-refractivity contribution < 1.29 is 4.74 Å². The minimum absolute atomic E-state index is 0.0459. The highest BCUT2D eigenvalue weighted by atomic mass is 16.5. The van der Waals surface area contributed by atoms with Gasteiger partial charge in [-0.1, -0.05) is 0 Å². The number of rotatable bonds is 2. The van der Waals surface area contributed by atoms with Gasteiger partial charge in [0, 0.05) is 23.5 Å². The van der Waals surface area contributed by atoms with Gasteiger partial charge in [-0.05, 0) is 6.07 Å². The second-order valence-electron chi connectivity index (χ2n) is 3.45. The van der Waals surface area contributed by atoms with Crippen LogP contribution in [-0.4, -0.2) is 17.1 Å². The van der Waals surface area contributed by atoms with Crippen LogP contribution >= 0.6 is 0 Å². The van der Waals surface area contributed by atoms with Crippen LogP contribution in [0.5, 0.6) is 5.88 Å². The summed E-state index contributed by atoms with van der Waals surface area (Å²) in [5, 5.41) is 18.4. The summed E-state index contributed by atoms with van der Waals surface area (Å²) in [5.74, 6) is 0.162. The Hall–Kier alpha value is -2.99. The first-order chi connectivity index (χ1) is 8.72. The van der Waals surface area contributed by atoms with Crippen LogP contribution in [0.1, 0.15) is 11.1 Å². The van der Waals surface area contributed by atoms with E-state index in [-0.39, 0.29) is 22.8 Å². The molecule has 18 heavy (non-hydrogen) atoms. The quantitative estimate of drug-likeness (QED) is 0.822. The molecule has 0 radical (unpaired) electrons. The lowest BCUT2D eigenvalue weighted by molar-refractivity contribution is 0.397. The number of nitrogens with zero attached hydrogens (tertiary/aromatic N) is 3. The van der Waals surface area contributed by atoms with Gasteiger partial charge in [0.25, 0.3) is 0 Å². The number of aromatic nitrogens is 2. The Labute approximate surface area is 103 Å². The van der Waals surface area contributed by atoms with Gasteiger partial charge in [-0.3, -0.25) is 0 Å². The fourth-order valence-corrected chi connectivity index (χ4v) is 1.71. The highest BCUT2D eigenvalue weighted by molar-refractivity contribution is 5.82. The summed E-state index contributed by atoms with van der Waals surface area (Å²) in [4.78, 5) is 6.77. The molecule has 2 aromatic rings. The van der Waals surface area contributed by atoms with Gasteiger partial charge in [0.2, 0.25) is 5.88 Å². The number of methoxy groups -OCH3 is 1. The summed E-state index contributed by atoms with van der Waals surface area (Å²) in [7, 11) is 1.40. The lowest BCUT2D eigenvalue weighted by Crippen LogP contribution is -2.03. The van der Waals surface area contributed by atoms with E-state index in [1.54, 1.807) is 18.5 Å². The van der Waals surface area contributed by atoms with Gasteiger partial charge in [-0.25, -0.2) is 0 Å². The monoisotopic (exact) mass is 239 g/mol. The van der Waals surface area contributed by atoms with Crippen LogP contribution in [0.15, 0.2) is 18.5 Å². The van der Waals surface area contributed by atoms with Crippen molar-refractivity contribution in [2.75, 3.05) is 12.8 Å². The maximum absolute atomic E-state index is 9.21. The Morgan fingerprint density at radius 1 is 1.33 bits per heavy atom. The number of H-pyrrole nitrogens is 1. The van der Waals surface area contributed by atoms with E-state index in [0.717, 1.165) is 0 Å². The molecule has 2 rings (SSSR count). The van der Waals surface area contributed by atoms with E-state index in [9.17, 15) is 5.26 Å². The van der Waals surface area contributed by atoms with Crippen LogP contribution in [0.25, 0.3) is 11.1 Å². The zero-order valence-corrected chi connectivity index (χ0v) is 9.56. The number of hydrogen-bond donors (Lipinski definition) is 2. The average Bonchev–Trinajstić information content (AvgIpc) is 2.90. The molecular formula is C12H9N5O. The smallest absolute Gasteiger partial charge is 0.234 e. The van der Waals surface area contributed by atoms with Gasteiger partial charge in [-0.15, -0.1) is 0 Å². The number of pyridine rings is 1. The summed E-state index contributed by atoms with van der Waals surface area (Å²) in [6.45, 7) is 0. The molecule has 0 atom stereocenters. The molecule has 0 aliphatic heterocycles. The molecule has 0 spiro atoms. The molecule has 0 aliphatic carbocycles. The van der Waals surface area contributed by atoms with Crippen LogP contribution in [0, 0.1) is 22.7 Å². The molecule has 2 aromatic heterocycles. The first-order valence-corrected chi connectivity index (χ1v) is 5.03. The van der Waals surface area contributed by atoms with Crippen LogP contribution < -0.4 is 10.5 Å². The molecule has 88 valence electrons. The molecule has 0 unspecified atom stereocenters. The van der Waals surface area contributed by atoms with Crippen molar-refractivity contribution in [2.45, 2.75) is 0 Å². The number of hydrogen-bond acceptors (Lipinski definition) is 5. The van der Waals surface area contributed by atoms with E-state index < -0.39 is 0 Å². The van der Waals surface area contributed by atoms with E-state index in [4.69, 9.17) is 15.7 Å². The summed E-state index contributed by atoms with van der Waals surface area (Å²) in [6, 6.07) is 5.71. The molecule has 0 aromatic carbocycles. The Kier molecular flexibility index (Phi) is 2.86. The van der Waals surface area contributed by atoms with Crippen molar-refractivity contribution in [1.82, 2.24) is 9.97 Å². The first kappa shape index (κ1) is 11.5. The molecular weight excluding hydrogens is 230 g/mol. The molecule has 0 saturated carbocycles. The molecule has 0 aliphatic rings. The van der Waals surface area contributed by atoms with Gasteiger partial charge < -0.3 is 15.5 Å². The van der Waals surface area contributed by atoms with Gasteiger partial charge in [0.1, 0.15) is 29.1 Å². The van der Waals surface area contributed by atoms with E-state index in [0.29, 0.717) is 11.1 Å². The topological polar surface area (TPSA) is 112 Å².